The number of nitrogens with zero attached hydrogens (tertiary/aromatic N) is 5. The number of nitriles is 1. The second-order valence-electron chi connectivity index (χ2n) is 8.25. The van der Waals surface area contributed by atoms with Gasteiger partial charge in [0.2, 0.25) is 0 Å². The van der Waals surface area contributed by atoms with Crippen LogP contribution in [-0.4, -0.2) is 33.9 Å². The molecule has 0 saturated carbocycles. The van der Waals surface area contributed by atoms with Gasteiger partial charge in [0, 0.05) is 30.9 Å². The maximum absolute atomic E-state index is 12.1. The Kier molecular flexibility index (Phi) is 5.52. The van der Waals surface area contributed by atoms with Gasteiger partial charge in [0.15, 0.2) is 0 Å². The number of hydrogen-bond acceptors (Lipinski definition) is 6. The molecule has 0 amide bonds. The largest absolute Gasteiger partial charge is 0.367 e. The van der Waals surface area contributed by atoms with Crippen molar-refractivity contribution in [2.45, 2.75) is 64.5 Å². The zero-order valence-electron chi connectivity index (χ0n) is 17.2. The number of nitrogens with one attached hydrogen (secondary N) is 1. The van der Waals surface area contributed by atoms with Crippen molar-refractivity contribution in [3.63, 3.8) is 0 Å². The van der Waals surface area contributed by atoms with E-state index in [2.05, 4.69) is 21.4 Å². The lowest BCUT2D eigenvalue weighted by molar-refractivity contribution is 0.451. The van der Waals surface area contributed by atoms with Crippen molar-refractivity contribution in [2.24, 2.45) is 0 Å². The van der Waals surface area contributed by atoms with Crippen molar-refractivity contribution in [1.29, 1.82) is 5.26 Å². The number of rotatable bonds is 5. The number of pyridine rings is 1. The molecular weight excluding hydrogens is 364 g/mol. The smallest absolute Gasteiger partial charge is 0.267 e. The number of fused-ring (bicyclic) bond motifs is 1. The predicted octanol–water partition coefficient (Wildman–Crippen LogP) is 3.05. The van der Waals surface area contributed by atoms with Crippen molar-refractivity contribution >= 4 is 11.6 Å². The van der Waals surface area contributed by atoms with Gasteiger partial charge in [-0.25, -0.2) is 9.67 Å². The molecule has 1 fully saturated rings. The van der Waals surface area contributed by atoms with Crippen molar-refractivity contribution in [1.82, 2.24) is 14.8 Å². The monoisotopic (exact) mass is 392 g/mol. The molecule has 7 heteroatoms. The molecule has 29 heavy (non-hydrogen) atoms. The summed E-state index contributed by atoms with van der Waals surface area (Å²) in [6.07, 6.45) is 6.44. The number of anilines is 2. The van der Waals surface area contributed by atoms with E-state index in [4.69, 9.17) is 4.98 Å². The van der Waals surface area contributed by atoms with Gasteiger partial charge in [-0.1, -0.05) is 0 Å². The molecule has 0 spiro atoms. The van der Waals surface area contributed by atoms with Gasteiger partial charge >= 0.3 is 0 Å². The highest BCUT2D eigenvalue weighted by atomic mass is 16.1. The Hall–Kier alpha value is -2.88. The topological polar surface area (TPSA) is 86.8 Å². The lowest BCUT2D eigenvalue weighted by Gasteiger charge is -2.37. The number of hydrogen-bond donors (Lipinski definition) is 1. The molecule has 2 aromatic heterocycles. The fourth-order valence-corrected chi connectivity index (χ4v) is 4.36. The van der Waals surface area contributed by atoms with E-state index < -0.39 is 0 Å². The van der Waals surface area contributed by atoms with Gasteiger partial charge in [0.25, 0.3) is 5.56 Å². The first kappa shape index (κ1) is 19.4. The molecule has 4 rings (SSSR count). The SMILES string of the molecule is CC(C)n1nc(N2CCCCC2CNc2nc3c(cc2C#N)CCC3)ccc1=O. The Labute approximate surface area is 171 Å². The second-order valence-corrected chi connectivity index (χ2v) is 8.25. The van der Waals surface area contributed by atoms with Gasteiger partial charge in [-0.3, -0.25) is 4.79 Å². The van der Waals surface area contributed by atoms with Gasteiger partial charge in [-0.05, 0) is 70.1 Å². The van der Waals surface area contributed by atoms with Crippen LogP contribution < -0.4 is 15.8 Å². The second kappa shape index (κ2) is 8.24. The number of piperidine rings is 1. The molecule has 1 saturated heterocycles. The minimum atomic E-state index is -0.0727. The van der Waals surface area contributed by atoms with E-state index in [1.54, 1.807) is 10.7 Å². The Morgan fingerprint density at radius 2 is 2.14 bits per heavy atom. The van der Waals surface area contributed by atoms with Crippen LogP contribution in [0.15, 0.2) is 23.0 Å². The minimum Gasteiger partial charge on any atom is -0.367 e. The van der Waals surface area contributed by atoms with E-state index in [1.807, 2.05) is 26.0 Å². The molecule has 152 valence electrons. The fraction of sp³-hybridized carbons (Fsp3) is 0.545. The molecule has 0 aromatic carbocycles. The molecule has 2 aromatic rings. The molecule has 3 heterocycles. The lowest BCUT2D eigenvalue weighted by atomic mass is 10.0. The third-order valence-electron chi connectivity index (χ3n) is 5.90. The summed E-state index contributed by atoms with van der Waals surface area (Å²) in [5.74, 6) is 1.53. The summed E-state index contributed by atoms with van der Waals surface area (Å²) in [5, 5.41) is 17.6. The van der Waals surface area contributed by atoms with Crippen LogP contribution in [0.5, 0.6) is 0 Å². The number of aryl methyl sites for hydroxylation is 2. The highest BCUT2D eigenvalue weighted by molar-refractivity contribution is 5.55. The first-order chi connectivity index (χ1) is 14.1. The molecule has 1 aliphatic carbocycles. The van der Waals surface area contributed by atoms with Crippen LogP contribution in [-0.2, 0) is 12.8 Å². The molecule has 0 bridgehead atoms. The average Bonchev–Trinajstić information content (AvgIpc) is 3.19. The lowest BCUT2D eigenvalue weighted by Crippen LogP contribution is -2.45. The Balaban J connectivity index is 1.54. The van der Waals surface area contributed by atoms with E-state index in [0.717, 1.165) is 56.6 Å². The van der Waals surface area contributed by atoms with E-state index >= 15 is 0 Å². The average molecular weight is 393 g/mol. The van der Waals surface area contributed by atoms with Crippen LogP contribution in [0, 0.1) is 11.3 Å². The number of aromatic nitrogens is 3. The third-order valence-corrected chi connectivity index (χ3v) is 5.90. The van der Waals surface area contributed by atoms with Crippen molar-refractivity contribution < 1.29 is 0 Å². The molecule has 7 nitrogen and oxygen atoms in total. The third kappa shape index (κ3) is 3.98. The van der Waals surface area contributed by atoms with E-state index in [1.165, 1.54) is 5.56 Å². The molecule has 1 unspecified atom stereocenters. The highest BCUT2D eigenvalue weighted by Gasteiger charge is 2.25. The van der Waals surface area contributed by atoms with Crippen LogP contribution in [0.2, 0.25) is 0 Å². The van der Waals surface area contributed by atoms with Crippen molar-refractivity contribution in [3.05, 3.63) is 45.4 Å². The van der Waals surface area contributed by atoms with Crippen LogP contribution in [0.3, 0.4) is 0 Å². The van der Waals surface area contributed by atoms with Gasteiger partial charge < -0.3 is 10.2 Å². The van der Waals surface area contributed by atoms with Crippen LogP contribution in [0.25, 0.3) is 0 Å². The molecule has 1 aliphatic heterocycles. The summed E-state index contributed by atoms with van der Waals surface area (Å²) in [4.78, 5) is 19.1. The summed E-state index contributed by atoms with van der Waals surface area (Å²) < 4.78 is 1.55. The molecule has 1 atom stereocenters. The van der Waals surface area contributed by atoms with Gasteiger partial charge in [0.05, 0.1) is 11.6 Å². The quantitative estimate of drug-likeness (QED) is 0.842. The highest BCUT2D eigenvalue weighted by Crippen LogP contribution is 2.27. The zero-order chi connectivity index (χ0) is 20.4. The van der Waals surface area contributed by atoms with Crippen LogP contribution in [0.1, 0.15) is 62.4 Å². The molecule has 2 aliphatic rings. The molecule has 0 radical (unpaired) electrons. The predicted molar refractivity (Wildman–Crippen MR) is 113 cm³/mol. The molecular formula is C22H28N6O. The van der Waals surface area contributed by atoms with E-state index in [-0.39, 0.29) is 17.6 Å². The summed E-state index contributed by atoms with van der Waals surface area (Å²) in [6, 6.07) is 8.00. The summed E-state index contributed by atoms with van der Waals surface area (Å²) in [6.45, 7) is 5.55. The maximum atomic E-state index is 12.1. The van der Waals surface area contributed by atoms with Crippen molar-refractivity contribution in [3.8, 4) is 6.07 Å². The van der Waals surface area contributed by atoms with E-state index in [0.29, 0.717) is 17.9 Å². The van der Waals surface area contributed by atoms with Gasteiger partial charge in [-0.2, -0.15) is 10.4 Å². The van der Waals surface area contributed by atoms with Gasteiger partial charge in [-0.15, -0.1) is 0 Å². The van der Waals surface area contributed by atoms with E-state index in [9.17, 15) is 10.1 Å². The Morgan fingerprint density at radius 3 is 2.93 bits per heavy atom. The minimum absolute atomic E-state index is 0.0256. The Morgan fingerprint density at radius 1 is 1.28 bits per heavy atom. The Bertz CT molecular complexity index is 990. The van der Waals surface area contributed by atoms with Crippen molar-refractivity contribution in [2.75, 3.05) is 23.3 Å². The summed E-state index contributed by atoms with van der Waals surface area (Å²) in [7, 11) is 0. The first-order valence-electron chi connectivity index (χ1n) is 10.6. The standard InChI is InChI=1S/C22H28N6O/c1-15(2)28-21(29)10-9-20(26-28)27-11-4-3-7-18(27)14-24-22-17(13-23)12-16-6-5-8-19(16)25-22/h9-10,12,15,18H,3-8,11,14H2,1-2H3,(H,24,25). The van der Waals surface area contributed by atoms with Gasteiger partial charge in [0.1, 0.15) is 17.7 Å². The fourth-order valence-electron chi connectivity index (χ4n) is 4.36. The normalized spacial score (nSPS) is 18.6. The van der Waals surface area contributed by atoms with Crippen LogP contribution >= 0.6 is 0 Å². The first-order valence-corrected chi connectivity index (χ1v) is 10.6. The zero-order valence-corrected chi connectivity index (χ0v) is 17.2. The summed E-state index contributed by atoms with van der Waals surface area (Å²) in [5.41, 5.74) is 2.89. The van der Waals surface area contributed by atoms with Crippen LogP contribution in [0.4, 0.5) is 11.6 Å². The summed E-state index contributed by atoms with van der Waals surface area (Å²) >= 11 is 0. The maximum Gasteiger partial charge on any atom is 0.267 e. The molecule has 1 N–H and O–H groups in total.